The Morgan fingerprint density at radius 1 is 1.29 bits per heavy atom. The largest absolute Gasteiger partial charge is 0.481 e. The number of carbonyl (C=O) groups is 2. The van der Waals surface area contributed by atoms with Gasteiger partial charge in [-0.2, -0.15) is 0 Å². The van der Waals surface area contributed by atoms with Crippen LogP contribution in [0.25, 0.3) is 0 Å². The highest BCUT2D eigenvalue weighted by atomic mass is 16.4. The minimum atomic E-state index is -0.829. The van der Waals surface area contributed by atoms with Gasteiger partial charge in [-0.15, -0.1) is 0 Å². The lowest BCUT2D eigenvalue weighted by atomic mass is 10.0. The molecular formula is C16H17NO4. The smallest absolute Gasteiger partial charge is 0.312 e. The molecule has 1 atom stereocenters. The summed E-state index contributed by atoms with van der Waals surface area (Å²) in [7, 11) is 0. The Bertz CT molecular complexity index is 695. The third kappa shape index (κ3) is 2.28. The SMILES string of the molecule is Cc1ccoc1C(=O)c1ccc2n1CCCCC2C(=O)O. The van der Waals surface area contributed by atoms with Gasteiger partial charge in [0.15, 0.2) is 5.76 Å². The first-order valence-corrected chi connectivity index (χ1v) is 7.10. The molecule has 3 heterocycles. The number of nitrogens with zero attached hydrogens (tertiary/aromatic N) is 1. The summed E-state index contributed by atoms with van der Waals surface area (Å²) in [5.74, 6) is -1.22. The van der Waals surface area contributed by atoms with Crippen molar-refractivity contribution in [3.05, 3.63) is 47.2 Å². The van der Waals surface area contributed by atoms with Crippen LogP contribution in [-0.2, 0) is 11.3 Å². The van der Waals surface area contributed by atoms with Crippen LogP contribution in [0, 0.1) is 6.92 Å². The van der Waals surface area contributed by atoms with Crippen LogP contribution in [0.15, 0.2) is 28.9 Å². The fraction of sp³-hybridized carbons (Fsp3) is 0.375. The van der Waals surface area contributed by atoms with Crippen molar-refractivity contribution >= 4 is 11.8 Å². The van der Waals surface area contributed by atoms with Crippen molar-refractivity contribution in [3.63, 3.8) is 0 Å². The van der Waals surface area contributed by atoms with Crippen LogP contribution < -0.4 is 0 Å². The van der Waals surface area contributed by atoms with E-state index in [4.69, 9.17) is 4.42 Å². The molecule has 2 aromatic rings. The topological polar surface area (TPSA) is 72.4 Å². The van der Waals surface area contributed by atoms with Gasteiger partial charge in [-0.3, -0.25) is 9.59 Å². The third-order valence-electron chi connectivity index (χ3n) is 4.10. The minimum absolute atomic E-state index is 0.185. The van der Waals surface area contributed by atoms with E-state index in [2.05, 4.69) is 0 Å². The molecule has 1 aliphatic rings. The van der Waals surface area contributed by atoms with Gasteiger partial charge >= 0.3 is 5.97 Å². The molecule has 0 amide bonds. The Morgan fingerprint density at radius 2 is 2.10 bits per heavy atom. The molecule has 0 saturated heterocycles. The average molecular weight is 287 g/mol. The number of furan rings is 1. The molecule has 0 saturated carbocycles. The van der Waals surface area contributed by atoms with Crippen LogP contribution in [0.1, 0.15) is 52.7 Å². The van der Waals surface area contributed by atoms with Gasteiger partial charge in [0.25, 0.3) is 0 Å². The molecule has 1 aliphatic heterocycles. The van der Waals surface area contributed by atoms with Gasteiger partial charge in [-0.1, -0.05) is 6.42 Å². The molecule has 21 heavy (non-hydrogen) atoms. The molecule has 110 valence electrons. The zero-order valence-electron chi connectivity index (χ0n) is 11.8. The maximum atomic E-state index is 12.6. The van der Waals surface area contributed by atoms with Gasteiger partial charge in [0.2, 0.25) is 5.78 Å². The maximum Gasteiger partial charge on any atom is 0.312 e. The van der Waals surface area contributed by atoms with Gasteiger partial charge in [0.1, 0.15) is 0 Å². The molecule has 5 heteroatoms. The normalized spacial score (nSPS) is 18.0. The van der Waals surface area contributed by atoms with E-state index in [1.54, 1.807) is 18.2 Å². The number of carboxylic acid groups (broad SMARTS) is 1. The summed E-state index contributed by atoms with van der Waals surface area (Å²) < 4.78 is 7.11. The van der Waals surface area contributed by atoms with Crippen molar-refractivity contribution in [1.29, 1.82) is 0 Å². The van der Waals surface area contributed by atoms with Crippen LogP contribution in [0.5, 0.6) is 0 Å². The van der Waals surface area contributed by atoms with Crippen LogP contribution in [0.4, 0.5) is 0 Å². The summed E-state index contributed by atoms with van der Waals surface area (Å²) in [5.41, 5.74) is 2.02. The Hall–Kier alpha value is -2.30. The molecule has 1 N–H and O–H groups in total. The Kier molecular flexibility index (Phi) is 3.41. The van der Waals surface area contributed by atoms with Crippen molar-refractivity contribution in [3.8, 4) is 0 Å². The van der Waals surface area contributed by atoms with Gasteiger partial charge in [0.05, 0.1) is 17.9 Å². The van der Waals surface area contributed by atoms with Crippen molar-refractivity contribution < 1.29 is 19.1 Å². The van der Waals surface area contributed by atoms with Gasteiger partial charge < -0.3 is 14.1 Å². The van der Waals surface area contributed by atoms with Gasteiger partial charge in [-0.05, 0) is 43.5 Å². The zero-order chi connectivity index (χ0) is 15.0. The lowest BCUT2D eigenvalue weighted by molar-refractivity contribution is -0.139. The number of hydrogen-bond acceptors (Lipinski definition) is 3. The summed E-state index contributed by atoms with van der Waals surface area (Å²) in [6.07, 6.45) is 3.84. The highest BCUT2D eigenvalue weighted by molar-refractivity contribution is 6.07. The highest BCUT2D eigenvalue weighted by Crippen LogP contribution is 2.30. The van der Waals surface area contributed by atoms with Crippen LogP contribution >= 0.6 is 0 Å². The first kappa shape index (κ1) is 13.7. The molecule has 2 aromatic heterocycles. The molecule has 0 fully saturated rings. The van der Waals surface area contributed by atoms with E-state index in [9.17, 15) is 14.7 Å². The number of rotatable bonds is 3. The number of hydrogen-bond donors (Lipinski definition) is 1. The number of aliphatic carboxylic acids is 1. The highest BCUT2D eigenvalue weighted by Gasteiger charge is 2.29. The monoisotopic (exact) mass is 287 g/mol. The van der Waals surface area contributed by atoms with Crippen molar-refractivity contribution in [2.24, 2.45) is 0 Å². The lowest BCUT2D eigenvalue weighted by Gasteiger charge is -2.13. The van der Waals surface area contributed by atoms with E-state index in [1.165, 1.54) is 6.26 Å². The molecule has 3 rings (SSSR count). The van der Waals surface area contributed by atoms with E-state index in [0.29, 0.717) is 30.1 Å². The lowest BCUT2D eigenvalue weighted by Crippen LogP contribution is -2.17. The van der Waals surface area contributed by atoms with Crippen molar-refractivity contribution in [1.82, 2.24) is 4.57 Å². The van der Waals surface area contributed by atoms with Crippen LogP contribution in [0.3, 0.4) is 0 Å². The molecule has 0 aliphatic carbocycles. The standard InChI is InChI=1S/C16H17NO4/c1-10-7-9-21-15(10)14(18)13-6-5-12-11(16(19)20)4-2-3-8-17(12)13/h5-7,9,11H,2-4,8H2,1H3,(H,19,20). The number of carboxylic acids is 1. The first-order chi connectivity index (χ1) is 10.1. The quantitative estimate of drug-likeness (QED) is 0.881. The second kappa shape index (κ2) is 5.24. The number of ketones is 1. The van der Waals surface area contributed by atoms with E-state index >= 15 is 0 Å². The summed E-state index contributed by atoms with van der Waals surface area (Å²) in [6.45, 7) is 2.50. The molecule has 0 aromatic carbocycles. The second-order valence-corrected chi connectivity index (χ2v) is 5.44. The summed E-state index contributed by atoms with van der Waals surface area (Å²) >= 11 is 0. The fourth-order valence-electron chi connectivity index (χ4n) is 2.97. The maximum absolute atomic E-state index is 12.6. The zero-order valence-corrected chi connectivity index (χ0v) is 11.8. The van der Waals surface area contributed by atoms with Crippen molar-refractivity contribution in [2.75, 3.05) is 0 Å². The molecule has 0 spiro atoms. The number of fused-ring (bicyclic) bond motifs is 1. The fourth-order valence-corrected chi connectivity index (χ4v) is 2.97. The number of aromatic nitrogens is 1. The summed E-state index contributed by atoms with van der Waals surface area (Å²) in [5, 5.41) is 9.37. The Morgan fingerprint density at radius 3 is 2.76 bits per heavy atom. The summed E-state index contributed by atoms with van der Waals surface area (Å²) in [6, 6.07) is 5.22. The van der Waals surface area contributed by atoms with Crippen LogP contribution in [-0.4, -0.2) is 21.4 Å². The van der Waals surface area contributed by atoms with E-state index in [1.807, 2.05) is 11.5 Å². The summed E-state index contributed by atoms with van der Waals surface area (Å²) in [4.78, 5) is 24.0. The number of aryl methyl sites for hydroxylation is 1. The van der Waals surface area contributed by atoms with Crippen molar-refractivity contribution in [2.45, 2.75) is 38.6 Å². The second-order valence-electron chi connectivity index (χ2n) is 5.44. The van der Waals surface area contributed by atoms with Gasteiger partial charge in [0, 0.05) is 12.2 Å². The van der Waals surface area contributed by atoms with Crippen LogP contribution in [0.2, 0.25) is 0 Å². The third-order valence-corrected chi connectivity index (χ3v) is 4.10. The molecule has 0 radical (unpaired) electrons. The molecule has 1 unspecified atom stereocenters. The minimum Gasteiger partial charge on any atom is -0.481 e. The first-order valence-electron chi connectivity index (χ1n) is 7.10. The van der Waals surface area contributed by atoms with E-state index < -0.39 is 11.9 Å². The Labute approximate surface area is 122 Å². The van der Waals surface area contributed by atoms with E-state index in [-0.39, 0.29) is 5.78 Å². The molecule has 5 nitrogen and oxygen atoms in total. The number of carbonyl (C=O) groups excluding carboxylic acids is 1. The predicted molar refractivity (Wildman–Crippen MR) is 75.5 cm³/mol. The molecule has 0 bridgehead atoms. The van der Waals surface area contributed by atoms with E-state index in [0.717, 1.165) is 18.4 Å². The van der Waals surface area contributed by atoms with Gasteiger partial charge in [-0.25, -0.2) is 0 Å². The molecular weight excluding hydrogens is 270 g/mol. The average Bonchev–Trinajstić information content (AvgIpc) is 2.99. The Balaban J connectivity index is 2.04. The predicted octanol–water partition coefficient (Wildman–Crippen LogP) is 2.97.